The van der Waals surface area contributed by atoms with E-state index in [1.54, 1.807) is 0 Å². The van der Waals surface area contributed by atoms with Gasteiger partial charge in [0.05, 0.1) is 12.3 Å². The van der Waals surface area contributed by atoms with E-state index in [1.807, 2.05) is 39.8 Å². The highest BCUT2D eigenvalue weighted by Gasteiger charge is 2.30. The predicted octanol–water partition coefficient (Wildman–Crippen LogP) is 3.83. The monoisotopic (exact) mass is 408 g/mol. The number of nitrogens with zero attached hydrogens (tertiary/aromatic N) is 1. The van der Waals surface area contributed by atoms with E-state index in [-0.39, 0.29) is 12.0 Å². The van der Waals surface area contributed by atoms with Gasteiger partial charge in [0, 0.05) is 36.1 Å². The first kappa shape index (κ1) is 20.3. The molecule has 2 aromatic carbocycles. The Hall–Kier alpha value is -3.02. The molecule has 2 aliphatic rings. The lowest BCUT2D eigenvalue weighted by Gasteiger charge is -2.14. The van der Waals surface area contributed by atoms with Crippen molar-refractivity contribution in [3.8, 4) is 11.5 Å². The van der Waals surface area contributed by atoms with Crippen LogP contribution in [0.4, 0.5) is 0 Å². The molecule has 30 heavy (non-hydrogen) atoms. The van der Waals surface area contributed by atoms with E-state index in [2.05, 4.69) is 28.7 Å². The Labute approximate surface area is 177 Å². The average molecular weight is 408 g/mol. The molecule has 2 unspecified atom stereocenters. The zero-order chi connectivity index (χ0) is 21.3. The van der Waals surface area contributed by atoms with Crippen molar-refractivity contribution in [1.29, 1.82) is 0 Å². The molecule has 158 valence electrons. The summed E-state index contributed by atoms with van der Waals surface area (Å²) in [6.45, 7) is 8.99. The molecule has 4 rings (SSSR count). The van der Waals surface area contributed by atoms with E-state index in [0.717, 1.165) is 51.4 Å². The summed E-state index contributed by atoms with van der Waals surface area (Å²) in [7, 11) is 0. The Balaban J connectivity index is 1.41. The molecular weight excluding hydrogens is 380 g/mol. The summed E-state index contributed by atoms with van der Waals surface area (Å²) in [6, 6.07) is 10.2. The number of fused-ring (bicyclic) bond motifs is 1. The number of carbonyl (C=O) groups excluding carboxylic acids is 1. The molecule has 0 aromatic heterocycles. The number of aryl methyl sites for hydroxylation is 2. The minimum atomic E-state index is -0.624. The molecule has 0 saturated heterocycles. The summed E-state index contributed by atoms with van der Waals surface area (Å²) in [6.07, 6.45) is 0.864. The van der Waals surface area contributed by atoms with Gasteiger partial charge in [-0.3, -0.25) is 4.79 Å². The Morgan fingerprint density at radius 2 is 2.07 bits per heavy atom. The van der Waals surface area contributed by atoms with E-state index in [1.165, 1.54) is 0 Å². The van der Waals surface area contributed by atoms with Crippen LogP contribution in [-0.2, 0) is 22.6 Å². The van der Waals surface area contributed by atoms with Crippen molar-refractivity contribution < 1.29 is 19.1 Å². The van der Waals surface area contributed by atoms with Crippen LogP contribution in [0.1, 0.15) is 48.1 Å². The SMILES string of the molecule is CCOc1cc2c(cc1CNC(=O)C1CC(c3cc(C)ccc3C)=NO1)OC(C)C2. The van der Waals surface area contributed by atoms with Crippen molar-refractivity contribution in [3.05, 3.63) is 58.1 Å². The Bertz CT molecular complexity index is 999. The van der Waals surface area contributed by atoms with Crippen LogP contribution in [0.5, 0.6) is 11.5 Å². The summed E-state index contributed by atoms with van der Waals surface area (Å²) in [5.41, 5.74) is 6.17. The molecule has 1 amide bonds. The maximum absolute atomic E-state index is 12.7. The summed E-state index contributed by atoms with van der Waals surface area (Å²) in [5.74, 6) is 1.47. The van der Waals surface area contributed by atoms with Crippen molar-refractivity contribution in [2.75, 3.05) is 6.61 Å². The lowest BCUT2D eigenvalue weighted by molar-refractivity contribution is -0.131. The first-order valence-corrected chi connectivity index (χ1v) is 10.5. The number of benzene rings is 2. The number of rotatable bonds is 6. The van der Waals surface area contributed by atoms with Crippen molar-refractivity contribution in [2.45, 2.75) is 59.3 Å². The molecule has 0 saturated carbocycles. The lowest BCUT2D eigenvalue weighted by atomic mass is 9.98. The number of nitrogens with one attached hydrogen (secondary N) is 1. The van der Waals surface area contributed by atoms with Gasteiger partial charge in [-0.2, -0.15) is 0 Å². The third kappa shape index (κ3) is 4.13. The number of amides is 1. The molecule has 2 atom stereocenters. The van der Waals surface area contributed by atoms with Crippen LogP contribution in [0, 0.1) is 13.8 Å². The Morgan fingerprint density at radius 1 is 1.23 bits per heavy atom. The maximum Gasteiger partial charge on any atom is 0.264 e. The van der Waals surface area contributed by atoms with Crippen molar-refractivity contribution >= 4 is 11.6 Å². The molecular formula is C24H28N2O4. The van der Waals surface area contributed by atoms with Crippen molar-refractivity contribution in [2.24, 2.45) is 5.16 Å². The molecule has 1 N–H and O–H groups in total. The van der Waals surface area contributed by atoms with E-state index in [0.29, 0.717) is 19.6 Å². The molecule has 0 spiro atoms. The number of hydrogen-bond donors (Lipinski definition) is 1. The number of oxime groups is 1. The van der Waals surface area contributed by atoms with Crippen molar-refractivity contribution in [1.82, 2.24) is 5.32 Å². The van der Waals surface area contributed by atoms with Gasteiger partial charge in [-0.1, -0.05) is 22.9 Å². The zero-order valence-corrected chi connectivity index (χ0v) is 18.0. The molecule has 2 heterocycles. The van der Waals surface area contributed by atoms with Gasteiger partial charge in [-0.05, 0) is 51.5 Å². The third-order valence-electron chi connectivity index (χ3n) is 5.50. The highest BCUT2D eigenvalue weighted by atomic mass is 16.6. The van der Waals surface area contributed by atoms with Gasteiger partial charge in [-0.15, -0.1) is 0 Å². The number of ether oxygens (including phenoxy) is 2. The largest absolute Gasteiger partial charge is 0.494 e. The Kier molecular flexibility index (Phi) is 5.66. The number of carbonyl (C=O) groups is 1. The second kappa shape index (κ2) is 8.38. The van der Waals surface area contributed by atoms with E-state index in [9.17, 15) is 4.79 Å². The van der Waals surface area contributed by atoms with Gasteiger partial charge in [-0.25, -0.2) is 0 Å². The number of hydrogen-bond acceptors (Lipinski definition) is 5. The minimum Gasteiger partial charge on any atom is -0.494 e. The van der Waals surface area contributed by atoms with Gasteiger partial charge in [0.25, 0.3) is 5.91 Å². The molecule has 2 aliphatic heterocycles. The fourth-order valence-corrected chi connectivity index (χ4v) is 3.93. The minimum absolute atomic E-state index is 0.159. The van der Waals surface area contributed by atoms with Gasteiger partial charge >= 0.3 is 0 Å². The van der Waals surface area contributed by atoms with Crippen molar-refractivity contribution in [3.63, 3.8) is 0 Å². The Morgan fingerprint density at radius 3 is 2.87 bits per heavy atom. The van der Waals surface area contributed by atoms with E-state index < -0.39 is 6.10 Å². The molecule has 6 heteroatoms. The zero-order valence-electron chi connectivity index (χ0n) is 18.0. The smallest absolute Gasteiger partial charge is 0.264 e. The summed E-state index contributed by atoms with van der Waals surface area (Å²) < 4.78 is 11.7. The highest BCUT2D eigenvalue weighted by molar-refractivity contribution is 6.05. The highest BCUT2D eigenvalue weighted by Crippen LogP contribution is 2.35. The van der Waals surface area contributed by atoms with Crippen LogP contribution in [0.25, 0.3) is 0 Å². The van der Waals surface area contributed by atoms with Crippen LogP contribution < -0.4 is 14.8 Å². The third-order valence-corrected chi connectivity index (χ3v) is 5.50. The predicted molar refractivity (Wildman–Crippen MR) is 115 cm³/mol. The fraction of sp³-hybridized carbons (Fsp3) is 0.417. The molecule has 0 bridgehead atoms. The first-order valence-electron chi connectivity index (χ1n) is 10.5. The van der Waals surface area contributed by atoms with Crippen LogP contribution in [0.3, 0.4) is 0 Å². The van der Waals surface area contributed by atoms with Crippen LogP contribution in [-0.4, -0.2) is 30.4 Å². The van der Waals surface area contributed by atoms with Gasteiger partial charge in [0.15, 0.2) is 0 Å². The summed E-state index contributed by atoms with van der Waals surface area (Å²) in [5, 5.41) is 7.15. The second-order valence-electron chi connectivity index (χ2n) is 8.01. The summed E-state index contributed by atoms with van der Waals surface area (Å²) >= 11 is 0. The standard InChI is InChI=1S/C24H28N2O4/c1-5-28-21-10-17-9-16(4)29-22(17)11-18(21)13-25-24(27)23-12-20(26-30-23)19-8-14(2)6-7-15(19)3/h6-8,10-11,16,23H,5,9,12-13H2,1-4H3,(H,25,27). The maximum atomic E-state index is 12.7. The van der Waals surface area contributed by atoms with Crippen LogP contribution >= 0.6 is 0 Å². The first-order chi connectivity index (χ1) is 14.4. The second-order valence-corrected chi connectivity index (χ2v) is 8.01. The molecule has 2 aromatic rings. The summed E-state index contributed by atoms with van der Waals surface area (Å²) in [4.78, 5) is 18.2. The van der Waals surface area contributed by atoms with Crippen LogP contribution in [0.15, 0.2) is 35.5 Å². The molecule has 0 radical (unpaired) electrons. The van der Waals surface area contributed by atoms with E-state index in [4.69, 9.17) is 14.3 Å². The molecule has 0 fully saturated rings. The topological polar surface area (TPSA) is 69.2 Å². The molecule has 6 nitrogen and oxygen atoms in total. The molecule has 0 aliphatic carbocycles. The normalized spacial score (nSPS) is 19.5. The lowest BCUT2D eigenvalue weighted by Crippen LogP contribution is -2.34. The van der Waals surface area contributed by atoms with Gasteiger partial charge in [0.2, 0.25) is 6.10 Å². The fourth-order valence-electron chi connectivity index (χ4n) is 3.93. The van der Waals surface area contributed by atoms with Gasteiger partial charge < -0.3 is 19.6 Å². The average Bonchev–Trinajstić information content (AvgIpc) is 3.34. The quantitative estimate of drug-likeness (QED) is 0.789. The van der Waals surface area contributed by atoms with Gasteiger partial charge in [0.1, 0.15) is 17.6 Å². The van der Waals surface area contributed by atoms with E-state index >= 15 is 0 Å². The van der Waals surface area contributed by atoms with Crippen LogP contribution in [0.2, 0.25) is 0 Å².